The van der Waals surface area contributed by atoms with E-state index in [4.69, 9.17) is 11.6 Å². The lowest BCUT2D eigenvalue weighted by Gasteiger charge is -2.32. The van der Waals surface area contributed by atoms with E-state index in [1.807, 2.05) is 12.1 Å². The van der Waals surface area contributed by atoms with Crippen molar-refractivity contribution in [3.05, 3.63) is 29.3 Å². The summed E-state index contributed by atoms with van der Waals surface area (Å²) >= 11 is 7.14. The van der Waals surface area contributed by atoms with Gasteiger partial charge in [0.1, 0.15) is 5.01 Å². The van der Waals surface area contributed by atoms with Crippen LogP contribution in [-0.4, -0.2) is 60.3 Å². The molecule has 27 heavy (non-hydrogen) atoms. The molecule has 0 radical (unpaired) electrons. The molecule has 2 heterocycles. The van der Waals surface area contributed by atoms with Crippen LogP contribution in [0.3, 0.4) is 0 Å². The van der Waals surface area contributed by atoms with E-state index in [2.05, 4.69) is 15.5 Å². The third-order valence-electron chi connectivity index (χ3n) is 4.29. The first-order chi connectivity index (χ1) is 12.8. The van der Waals surface area contributed by atoms with Crippen LogP contribution in [0, 0.1) is 5.92 Å². The Balaban J connectivity index is 1.66. The summed E-state index contributed by atoms with van der Waals surface area (Å²) in [5.41, 5.74) is 0.860. The summed E-state index contributed by atoms with van der Waals surface area (Å²) < 4.78 is 27.1. The highest BCUT2D eigenvalue weighted by Crippen LogP contribution is 2.28. The van der Waals surface area contributed by atoms with Gasteiger partial charge in [0.25, 0.3) is 10.2 Å². The zero-order valence-electron chi connectivity index (χ0n) is 14.9. The summed E-state index contributed by atoms with van der Waals surface area (Å²) in [4.78, 5) is 12.6. The number of rotatable bonds is 5. The van der Waals surface area contributed by atoms with E-state index in [0.29, 0.717) is 34.5 Å². The predicted molar refractivity (Wildman–Crippen MR) is 106 cm³/mol. The molecule has 0 bridgehead atoms. The Hall–Kier alpha value is -1.59. The molecule has 1 fully saturated rings. The average Bonchev–Trinajstić information content (AvgIpc) is 3.10. The Labute approximate surface area is 167 Å². The lowest BCUT2D eigenvalue weighted by Crippen LogP contribution is -2.47. The number of anilines is 1. The minimum absolute atomic E-state index is 0.162. The van der Waals surface area contributed by atoms with Crippen LogP contribution >= 0.6 is 22.9 Å². The summed E-state index contributed by atoms with van der Waals surface area (Å²) in [6, 6.07) is 7.19. The molecule has 0 spiro atoms. The number of nitrogens with zero attached hydrogens (tertiary/aromatic N) is 4. The van der Waals surface area contributed by atoms with Crippen LogP contribution in [0.5, 0.6) is 0 Å². The van der Waals surface area contributed by atoms with Gasteiger partial charge in [0.05, 0.1) is 5.92 Å². The third-order valence-corrected chi connectivity index (χ3v) is 7.34. The van der Waals surface area contributed by atoms with E-state index >= 15 is 0 Å². The molecular weight excluding hydrogens is 410 g/mol. The second-order valence-electron chi connectivity index (χ2n) is 6.40. The molecule has 11 heteroatoms. The predicted octanol–water partition coefficient (Wildman–Crippen LogP) is 2.32. The first kappa shape index (κ1) is 20.2. The molecule has 1 amide bonds. The van der Waals surface area contributed by atoms with Crippen LogP contribution in [-0.2, 0) is 15.0 Å². The van der Waals surface area contributed by atoms with Crippen molar-refractivity contribution in [2.75, 3.05) is 32.5 Å². The summed E-state index contributed by atoms with van der Waals surface area (Å²) in [6.45, 7) is 0.582. The number of piperidine rings is 1. The number of carbonyl (C=O) groups is 1. The quantitative estimate of drug-likeness (QED) is 0.786. The highest BCUT2D eigenvalue weighted by atomic mass is 35.5. The highest BCUT2D eigenvalue weighted by molar-refractivity contribution is 7.86. The number of nitrogens with one attached hydrogen (secondary N) is 1. The molecule has 8 nitrogen and oxygen atoms in total. The van der Waals surface area contributed by atoms with Crippen LogP contribution in [0.25, 0.3) is 10.6 Å². The van der Waals surface area contributed by atoms with Crippen LogP contribution in [0.2, 0.25) is 5.02 Å². The van der Waals surface area contributed by atoms with Gasteiger partial charge < -0.3 is 5.32 Å². The van der Waals surface area contributed by atoms with Gasteiger partial charge in [-0.3, -0.25) is 4.79 Å². The lowest BCUT2D eigenvalue weighted by molar-refractivity contribution is -0.120. The van der Waals surface area contributed by atoms with Gasteiger partial charge in [-0.2, -0.15) is 17.0 Å². The zero-order chi connectivity index (χ0) is 19.6. The van der Waals surface area contributed by atoms with Crippen molar-refractivity contribution in [3.63, 3.8) is 0 Å². The maximum absolute atomic E-state index is 12.6. The van der Waals surface area contributed by atoms with Crippen LogP contribution in [0.1, 0.15) is 12.8 Å². The molecule has 1 saturated heterocycles. The van der Waals surface area contributed by atoms with Crippen molar-refractivity contribution in [2.45, 2.75) is 12.8 Å². The Morgan fingerprint density at radius 2 is 2.00 bits per heavy atom. The molecule has 0 aliphatic carbocycles. The molecule has 0 unspecified atom stereocenters. The molecule has 2 aromatic rings. The fourth-order valence-corrected chi connectivity index (χ4v) is 4.86. The summed E-state index contributed by atoms with van der Waals surface area (Å²) in [5.74, 6) is -0.663. The van der Waals surface area contributed by atoms with Crippen molar-refractivity contribution in [2.24, 2.45) is 5.92 Å². The van der Waals surface area contributed by atoms with Crippen molar-refractivity contribution in [1.29, 1.82) is 0 Å². The number of amides is 1. The van der Waals surface area contributed by atoms with E-state index in [9.17, 15) is 13.2 Å². The van der Waals surface area contributed by atoms with Gasteiger partial charge in [-0.1, -0.05) is 35.1 Å². The van der Waals surface area contributed by atoms with Gasteiger partial charge in [0.2, 0.25) is 11.0 Å². The van der Waals surface area contributed by atoms with E-state index in [0.717, 1.165) is 9.87 Å². The van der Waals surface area contributed by atoms with Crippen molar-refractivity contribution in [3.8, 4) is 10.6 Å². The molecule has 1 aromatic heterocycles. The Morgan fingerprint density at radius 1 is 1.30 bits per heavy atom. The fourth-order valence-electron chi connectivity index (χ4n) is 2.79. The lowest BCUT2D eigenvalue weighted by atomic mass is 9.99. The second kappa shape index (κ2) is 8.19. The number of hydrogen-bond donors (Lipinski definition) is 1. The van der Waals surface area contributed by atoms with E-state index in [-0.39, 0.29) is 12.5 Å². The summed E-state index contributed by atoms with van der Waals surface area (Å²) in [5, 5.41) is 12.5. The number of halogens is 1. The smallest absolute Gasteiger partial charge is 0.281 e. The van der Waals surface area contributed by atoms with Gasteiger partial charge in [0.15, 0.2) is 0 Å². The normalized spacial score (nSPS) is 18.6. The molecular formula is C16H20ClN5O3S2. The minimum Gasteiger partial charge on any atom is -0.300 e. The van der Waals surface area contributed by atoms with Crippen molar-refractivity contribution < 1.29 is 13.2 Å². The maximum atomic E-state index is 12.6. The average molecular weight is 430 g/mol. The SMILES string of the molecule is CN(C)S(=O)(=O)N1CCC[C@@H](C(=O)Nc2nnc(-c3ccc(Cl)cc3)s2)C1. The first-order valence-corrected chi connectivity index (χ1v) is 10.9. The molecule has 1 atom stereocenters. The van der Waals surface area contributed by atoms with Crippen LogP contribution in [0.15, 0.2) is 24.3 Å². The number of benzene rings is 1. The maximum Gasteiger partial charge on any atom is 0.281 e. The molecule has 3 rings (SSSR count). The molecule has 1 N–H and O–H groups in total. The monoisotopic (exact) mass is 429 g/mol. The fraction of sp³-hybridized carbons (Fsp3) is 0.438. The van der Waals surface area contributed by atoms with E-state index in [1.54, 1.807) is 12.1 Å². The van der Waals surface area contributed by atoms with Crippen LogP contribution in [0.4, 0.5) is 5.13 Å². The van der Waals surface area contributed by atoms with Gasteiger partial charge in [-0.25, -0.2) is 0 Å². The molecule has 1 aromatic carbocycles. The zero-order valence-corrected chi connectivity index (χ0v) is 17.3. The van der Waals surface area contributed by atoms with Crippen molar-refractivity contribution in [1.82, 2.24) is 18.8 Å². The summed E-state index contributed by atoms with van der Waals surface area (Å²) in [6.07, 6.45) is 1.27. The largest absolute Gasteiger partial charge is 0.300 e. The number of hydrogen-bond acceptors (Lipinski definition) is 6. The van der Waals surface area contributed by atoms with Gasteiger partial charge in [-0.15, -0.1) is 10.2 Å². The van der Waals surface area contributed by atoms with Gasteiger partial charge in [0, 0.05) is 37.8 Å². The molecule has 146 valence electrons. The second-order valence-corrected chi connectivity index (χ2v) is 9.95. The first-order valence-electron chi connectivity index (χ1n) is 8.35. The number of carbonyl (C=O) groups excluding carboxylic acids is 1. The Morgan fingerprint density at radius 3 is 2.67 bits per heavy atom. The minimum atomic E-state index is -3.52. The van der Waals surface area contributed by atoms with Gasteiger partial charge >= 0.3 is 0 Å². The van der Waals surface area contributed by atoms with E-state index < -0.39 is 16.1 Å². The molecule has 1 aliphatic heterocycles. The standard InChI is InChI=1S/C16H20ClN5O3S2/c1-21(2)27(24,25)22-9-3-4-12(10-22)14(23)18-16-20-19-15(26-16)11-5-7-13(17)8-6-11/h5-8,12H,3-4,9-10H2,1-2H3,(H,18,20,23)/t12-/m1/s1. The third kappa shape index (κ3) is 4.64. The van der Waals surface area contributed by atoms with E-state index in [1.165, 1.54) is 29.7 Å². The number of aromatic nitrogens is 2. The topological polar surface area (TPSA) is 95.5 Å². The Bertz CT molecular complexity index is 914. The Kier molecular flexibility index (Phi) is 6.11. The van der Waals surface area contributed by atoms with Crippen LogP contribution < -0.4 is 5.32 Å². The summed E-state index contributed by atoms with van der Waals surface area (Å²) in [7, 11) is -0.555. The highest BCUT2D eigenvalue weighted by Gasteiger charge is 2.33. The van der Waals surface area contributed by atoms with Gasteiger partial charge in [-0.05, 0) is 25.0 Å². The molecule has 0 saturated carbocycles. The molecule has 1 aliphatic rings. The van der Waals surface area contributed by atoms with Crippen molar-refractivity contribution >= 4 is 44.2 Å².